The van der Waals surface area contributed by atoms with Crippen LogP contribution in [0.4, 0.5) is 11.4 Å². The van der Waals surface area contributed by atoms with Crippen molar-refractivity contribution in [2.24, 2.45) is 0 Å². The van der Waals surface area contributed by atoms with Crippen molar-refractivity contribution in [2.75, 3.05) is 30.1 Å². The number of aromatic nitrogens is 1. The van der Waals surface area contributed by atoms with Crippen molar-refractivity contribution in [2.45, 2.75) is 12.2 Å². The number of nitrogens with zero attached hydrogens (tertiary/aromatic N) is 1. The van der Waals surface area contributed by atoms with Crippen LogP contribution < -0.4 is 15.8 Å². The smallest absolute Gasteiger partial charge is 0.255 e. The molecule has 0 atom stereocenters. The van der Waals surface area contributed by atoms with Crippen LogP contribution in [0.15, 0.2) is 47.3 Å². The fraction of sp³-hybridized carbons (Fsp3) is 0.238. The zero-order valence-electron chi connectivity index (χ0n) is 15.3. The Labute approximate surface area is 161 Å². The van der Waals surface area contributed by atoms with Crippen molar-refractivity contribution >= 4 is 39.9 Å². The summed E-state index contributed by atoms with van der Waals surface area (Å²) in [5.41, 5.74) is 5.12. The molecule has 1 amide bonds. The first-order chi connectivity index (χ1) is 13.0. The number of carbonyl (C=O) groups excluding carboxylic acids is 1. The molecule has 6 heteroatoms. The van der Waals surface area contributed by atoms with E-state index in [1.807, 2.05) is 55.4 Å². The number of aryl methyl sites for hydroxylation is 1. The molecule has 0 spiro atoms. The Hall–Kier alpha value is -2.73. The maximum absolute atomic E-state index is 12.7. The van der Waals surface area contributed by atoms with E-state index in [1.54, 1.807) is 17.8 Å². The molecule has 0 aliphatic carbocycles. The number of pyridine rings is 1. The maximum Gasteiger partial charge on any atom is 0.255 e. The molecule has 2 aromatic carbocycles. The fourth-order valence-corrected chi connectivity index (χ4v) is 4.38. The number of fused-ring (bicyclic) bond motifs is 3. The summed E-state index contributed by atoms with van der Waals surface area (Å²) in [6.07, 6.45) is 0.859. The lowest BCUT2D eigenvalue weighted by molar-refractivity contribution is 0.102. The molecule has 2 N–H and O–H groups in total. The molecule has 1 aliphatic heterocycles. The van der Waals surface area contributed by atoms with Crippen LogP contribution in [-0.2, 0) is 12.2 Å². The van der Waals surface area contributed by atoms with E-state index < -0.39 is 0 Å². The van der Waals surface area contributed by atoms with Crippen molar-refractivity contribution in [3.63, 3.8) is 0 Å². The molecule has 1 aromatic heterocycles. The van der Waals surface area contributed by atoms with Crippen molar-refractivity contribution in [3.05, 3.63) is 69.5 Å². The van der Waals surface area contributed by atoms with Gasteiger partial charge >= 0.3 is 0 Å². The lowest BCUT2D eigenvalue weighted by Gasteiger charge is -2.17. The van der Waals surface area contributed by atoms with Crippen LogP contribution in [0.2, 0.25) is 0 Å². The predicted molar refractivity (Wildman–Crippen MR) is 113 cm³/mol. The van der Waals surface area contributed by atoms with Gasteiger partial charge in [-0.15, -0.1) is 0 Å². The number of nitrogens with one attached hydrogen (secondary N) is 2. The molecule has 0 saturated carbocycles. The Morgan fingerprint density at radius 1 is 1.11 bits per heavy atom. The van der Waals surface area contributed by atoms with Gasteiger partial charge in [0.2, 0.25) is 0 Å². The highest BCUT2D eigenvalue weighted by Gasteiger charge is 2.18. The van der Waals surface area contributed by atoms with Crippen LogP contribution >= 0.6 is 11.8 Å². The summed E-state index contributed by atoms with van der Waals surface area (Å²) in [5, 5.41) is 3.92. The summed E-state index contributed by atoms with van der Waals surface area (Å²) in [7, 11) is 3.96. The Balaban J connectivity index is 1.66. The Bertz CT molecular complexity index is 1070. The summed E-state index contributed by atoms with van der Waals surface area (Å²) in [5.74, 6) is 1.58. The van der Waals surface area contributed by atoms with Gasteiger partial charge in [0.1, 0.15) is 0 Å². The van der Waals surface area contributed by atoms with Crippen LogP contribution in [0.3, 0.4) is 0 Å². The molecule has 3 aromatic rings. The molecule has 0 fully saturated rings. The standard InChI is InChI=1S/C21H21N3O2S/c1-24(2)15-6-4-14(5-7-15)22-20(25)13-3-8-19-17(11-13)16-9-10-27-12-18(16)21(26)23-19/h3-8,11H,9-10,12H2,1-2H3,(H,22,25)(H,23,26). The van der Waals surface area contributed by atoms with Crippen LogP contribution in [0.1, 0.15) is 21.5 Å². The minimum Gasteiger partial charge on any atom is -0.378 e. The maximum atomic E-state index is 12.7. The Morgan fingerprint density at radius 2 is 1.89 bits per heavy atom. The van der Waals surface area contributed by atoms with E-state index >= 15 is 0 Å². The summed E-state index contributed by atoms with van der Waals surface area (Å²) in [6, 6.07) is 13.2. The SMILES string of the molecule is CN(C)c1ccc(NC(=O)c2ccc3[nH]c(=O)c4c(c3c2)CCSC4)cc1. The minimum absolute atomic E-state index is 0.0112. The molecule has 27 heavy (non-hydrogen) atoms. The van der Waals surface area contributed by atoms with Gasteiger partial charge in [0, 0.05) is 53.3 Å². The van der Waals surface area contributed by atoms with Gasteiger partial charge in [0.05, 0.1) is 0 Å². The van der Waals surface area contributed by atoms with Crippen molar-refractivity contribution in [1.82, 2.24) is 4.98 Å². The fourth-order valence-electron chi connectivity index (χ4n) is 3.37. The van der Waals surface area contributed by atoms with Gasteiger partial charge in [-0.2, -0.15) is 11.8 Å². The lowest BCUT2D eigenvalue weighted by atomic mass is 9.99. The quantitative estimate of drug-likeness (QED) is 0.729. The first kappa shape index (κ1) is 17.7. The zero-order chi connectivity index (χ0) is 19.0. The number of benzene rings is 2. The van der Waals surface area contributed by atoms with Gasteiger partial charge in [0.15, 0.2) is 0 Å². The lowest BCUT2D eigenvalue weighted by Crippen LogP contribution is -2.19. The normalized spacial score (nSPS) is 13.3. The topological polar surface area (TPSA) is 65.2 Å². The Morgan fingerprint density at radius 3 is 2.63 bits per heavy atom. The highest BCUT2D eigenvalue weighted by molar-refractivity contribution is 7.98. The largest absolute Gasteiger partial charge is 0.378 e. The van der Waals surface area contributed by atoms with Crippen molar-refractivity contribution in [1.29, 1.82) is 0 Å². The van der Waals surface area contributed by atoms with Gasteiger partial charge in [-0.25, -0.2) is 0 Å². The summed E-state index contributed by atoms with van der Waals surface area (Å²) in [6.45, 7) is 0. The number of carbonyl (C=O) groups is 1. The summed E-state index contributed by atoms with van der Waals surface area (Å²) >= 11 is 1.77. The summed E-state index contributed by atoms with van der Waals surface area (Å²) in [4.78, 5) is 29.9. The van der Waals surface area contributed by atoms with E-state index in [-0.39, 0.29) is 11.5 Å². The second kappa shape index (κ2) is 7.12. The number of hydrogen-bond acceptors (Lipinski definition) is 4. The van der Waals surface area contributed by atoms with Gasteiger partial charge in [-0.1, -0.05) is 0 Å². The van der Waals surface area contributed by atoms with E-state index in [4.69, 9.17) is 0 Å². The first-order valence-electron chi connectivity index (χ1n) is 8.87. The average molecular weight is 379 g/mol. The molecule has 0 radical (unpaired) electrons. The van der Waals surface area contributed by atoms with E-state index in [9.17, 15) is 9.59 Å². The molecule has 5 nitrogen and oxygen atoms in total. The van der Waals surface area contributed by atoms with Crippen LogP contribution in [0, 0.1) is 0 Å². The average Bonchev–Trinajstić information content (AvgIpc) is 2.68. The second-order valence-electron chi connectivity index (χ2n) is 6.87. The third-order valence-electron chi connectivity index (χ3n) is 4.88. The zero-order valence-corrected chi connectivity index (χ0v) is 16.2. The molecular weight excluding hydrogens is 358 g/mol. The molecule has 0 saturated heterocycles. The molecule has 4 rings (SSSR count). The number of thioether (sulfide) groups is 1. The number of H-pyrrole nitrogens is 1. The molecule has 138 valence electrons. The highest BCUT2D eigenvalue weighted by atomic mass is 32.2. The molecule has 0 unspecified atom stereocenters. The predicted octanol–water partition coefficient (Wildman–Crippen LogP) is 3.64. The number of amides is 1. The van der Waals surface area contributed by atoms with Crippen molar-refractivity contribution < 1.29 is 4.79 Å². The van der Waals surface area contributed by atoms with Gasteiger partial charge < -0.3 is 15.2 Å². The third kappa shape index (κ3) is 3.45. The van der Waals surface area contributed by atoms with Gasteiger partial charge in [0.25, 0.3) is 11.5 Å². The molecular formula is C21H21N3O2S. The van der Waals surface area contributed by atoms with Gasteiger partial charge in [-0.3, -0.25) is 9.59 Å². The number of aromatic amines is 1. The van der Waals surface area contributed by atoms with Crippen molar-refractivity contribution in [3.8, 4) is 0 Å². The van der Waals surface area contributed by atoms with Crippen LogP contribution in [0.25, 0.3) is 10.9 Å². The van der Waals surface area contributed by atoms with E-state index in [0.717, 1.165) is 51.3 Å². The van der Waals surface area contributed by atoms with Crippen LogP contribution in [0.5, 0.6) is 0 Å². The van der Waals surface area contributed by atoms with Gasteiger partial charge in [-0.05, 0) is 60.2 Å². The Kier molecular flexibility index (Phi) is 4.66. The van der Waals surface area contributed by atoms with E-state index in [2.05, 4.69) is 10.3 Å². The number of rotatable bonds is 3. The highest BCUT2D eigenvalue weighted by Crippen LogP contribution is 2.28. The minimum atomic E-state index is -0.153. The first-order valence-corrected chi connectivity index (χ1v) is 10.0. The molecule has 0 bridgehead atoms. The van der Waals surface area contributed by atoms with E-state index in [0.29, 0.717) is 5.56 Å². The monoisotopic (exact) mass is 379 g/mol. The second-order valence-corrected chi connectivity index (χ2v) is 7.97. The summed E-state index contributed by atoms with van der Waals surface area (Å²) < 4.78 is 0. The third-order valence-corrected chi connectivity index (χ3v) is 5.86. The van der Waals surface area contributed by atoms with Crippen LogP contribution in [-0.4, -0.2) is 30.7 Å². The number of hydrogen-bond donors (Lipinski definition) is 2. The molecule has 2 heterocycles. The molecule has 1 aliphatic rings. The van der Waals surface area contributed by atoms with E-state index in [1.165, 1.54) is 0 Å². The number of anilines is 2.